The van der Waals surface area contributed by atoms with Gasteiger partial charge in [-0.2, -0.15) is 0 Å². The quantitative estimate of drug-likeness (QED) is 0.857. The van der Waals surface area contributed by atoms with Gasteiger partial charge >= 0.3 is 0 Å². The maximum atomic E-state index is 13.3. The highest BCUT2D eigenvalue weighted by atomic mass is 79.9. The van der Waals surface area contributed by atoms with E-state index in [0.717, 1.165) is 16.6 Å². The first-order chi connectivity index (χ1) is 9.60. The van der Waals surface area contributed by atoms with Gasteiger partial charge in [-0.1, -0.05) is 34.1 Å². The molecule has 0 aliphatic carbocycles. The molecule has 0 aromatic heterocycles. The Bertz CT molecular complexity index is 586. The lowest BCUT2D eigenvalue weighted by Crippen LogP contribution is -2.19. The van der Waals surface area contributed by atoms with Crippen LogP contribution in [-0.2, 0) is 6.42 Å². The fourth-order valence-electron chi connectivity index (χ4n) is 2.27. The van der Waals surface area contributed by atoms with Gasteiger partial charge in [0.15, 0.2) is 11.6 Å². The molecule has 0 aliphatic heterocycles. The molecule has 1 N–H and O–H groups in total. The van der Waals surface area contributed by atoms with Crippen LogP contribution in [0.1, 0.15) is 17.0 Å². The first-order valence-electron chi connectivity index (χ1n) is 6.44. The molecule has 2 aromatic carbocycles. The minimum atomic E-state index is -0.804. The number of hydrogen-bond acceptors (Lipinski definition) is 1. The van der Waals surface area contributed by atoms with Crippen LogP contribution in [0, 0.1) is 11.6 Å². The molecule has 4 heteroatoms. The number of likely N-dealkylation sites (N-methyl/N-ethyl adjacent to an activating group) is 1. The summed E-state index contributed by atoms with van der Waals surface area (Å²) in [4.78, 5) is 0. The molecule has 0 saturated heterocycles. The average molecular weight is 340 g/mol. The van der Waals surface area contributed by atoms with E-state index in [4.69, 9.17) is 0 Å². The summed E-state index contributed by atoms with van der Waals surface area (Å²) in [5.74, 6) is -1.39. The highest BCUT2D eigenvalue weighted by Gasteiger charge is 2.13. The number of rotatable bonds is 5. The number of nitrogens with one attached hydrogen (secondary N) is 1. The van der Waals surface area contributed by atoms with Gasteiger partial charge in [0.1, 0.15) is 0 Å². The van der Waals surface area contributed by atoms with E-state index in [0.29, 0.717) is 6.42 Å². The van der Waals surface area contributed by atoms with Crippen molar-refractivity contribution < 1.29 is 8.78 Å². The Balaban J connectivity index is 2.22. The topological polar surface area (TPSA) is 12.0 Å². The molecule has 0 heterocycles. The summed E-state index contributed by atoms with van der Waals surface area (Å²) < 4.78 is 27.3. The maximum Gasteiger partial charge on any atom is 0.159 e. The molecule has 1 unspecified atom stereocenters. The Morgan fingerprint density at radius 2 is 1.90 bits per heavy atom. The van der Waals surface area contributed by atoms with E-state index in [1.165, 1.54) is 17.7 Å². The second-order valence-corrected chi connectivity index (χ2v) is 5.68. The normalized spacial score (nSPS) is 12.4. The third kappa shape index (κ3) is 3.87. The van der Waals surface area contributed by atoms with Crippen molar-refractivity contribution in [3.05, 3.63) is 69.7 Å². The minimum Gasteiger partial charge on any atom is -0.319 e. The third-order valence-corrected chi connectivity index (χ3v) is 3.73. The Morgan fingerprint density at radius 3 is 2.55 bits per heavy atom. The van der Waals surface area contributed by atoms with Crippen LogP contribution in [0.25, 0.3) is 0 Å². The van der Waals surface area contributed by atoms with Gasteiger partial charge in [0.05, 0.1) is 0 Å². The molecule has 0 bridgehead atoms. The summed E-state index contributed by atoms with van der Waals surface area (Å²) in [5.41, 5.74) is 1.96. The van der Waals surface area contributed by atoms with Gasteiger partial charge in [0, 0.05) is 16.9 Å². The monoisotopic (exact) mass is 339 g/mol. The standard InChI is InChI=1S/C16H16BrF2N/c1-20-10-13(12-3-2-4-14(17)9-12)7-11-5-6-15(18)16(19)8-11/h2-6,8-9,13,20H,7,10H2,1H3. The Hall–Kier alpha value is -1.26. The smallest absolute Gasteiger partial charge is 0.159 e. The van der Waals surface area contributed by atoms with Crippen molar-refractivity contribution >= 4 is 15.9 Å². The zero-order valence-electron chi connectivity index (χ0n) is 11.2. The molecule has 0 spiro atoms. The molecule has 0 radical (unpaired) electrons. The number of benzene rings is 2. The molecule has 106 valence electrons. The lowest BCUT2D eigenvalue weighted by atomic mass is 9.92. The van der Waals surface area contributed by atoms with Gasteiger partial charge < -0.3 is 5.32 Å². The van der Waals surface area contributed by atoms with Crippen molar-refractivity contribution in [2.75, 3.05) is 13.6 Å². The van der Waals surface area contributed by atoms with Gasteiger partial charge in [-0.15, -0.1) is 0 Å². The van der Waals surface area contributed by atoms with Crippen LogP contribution in [0.2, 0.25) is 0 Å². The summed E-state index contributed by atoms with van der Waals surface area (Å²) in [6.45, 7) is 0.773. The van der Waals surface area contributed by atoms with Crippen LogP contribution in [0.3, 0.4) is 0 Å². The molecule has 2 rings (SSSR count). The van der Waals surface area contributed by atoms with Crippen molar-refractivity contribution in [3.8, 4) is 0 Å². The van der Waals surface area contributed by atoms with E-state index >= 15 is 0 Å². The van der Waals surface area contributed by atoms with Crippen molar-refractivity contribution in [2.45, 2.75) is 12.3 Å². The zero-order chi connectivity index (χ0) is 14.5. The SMILES string of the molecule is CNCC(Cc1ccc(F)c(F)c1)c1cccc(Br)c1. The molecular weight excluding hydrogens is 324 g/mol. The fourth-order valence-corrected chi connectivity index (χ4v) is 2.68. The molecule has 1 atom stereocenters. The van der Waals surface area contributed by atoms with Crippen molar-refractivity contribution in [1.29, 1.82) is 0 Å². The molecule has 20 heavy (non-hydrogen) atoms. The van der Waals surface area contributed by atoms with E-state index in [9.17, 15) is 8.78 Å². The van der Waals surface area contributed by atoms with E-state index in [1.54, 1.807) is 6.07 Å². The highest BCUT2D eigenvalue weighted by molar-refractivity contribution is 9.10. The lowest BCUT2D eigenvalue weighted by molar-refractivity contribution is 0.505. The lowest BCUT2D eigenvalue weighted by Gasteiger charge is -2.17. The van der Waals surface area contributed by atoms with Crippen LogP contribution in [0.4, 0.5) is 8.78 Å². The largest absolute Gasteiger partial charge is 0.319 e. The minimum absolute atomic E-state index is 0.211. The van der Waals surface area contributed by atoms with Crippen molar-refractivity contribution in [2.24, 2.45) is 0 Å². The van der Waals surface area contributed by atoms with E-state index < -0.39 is 11.6 Å². The molecule has 0 fully saturated rings. The maximum absolute atomic E-state index is 13.3. The molecule has 0 saturated carbocycles. The predicted octanol–water partition coefficient (Wildman–Crippen LogP) is 4.27. The highest BCUT2D eigenvalue weighted by Crippen LogP contribution is 2.24. The summed E-state index contributed by atoms with van der Waals surface area (Å²) in [6.07, 6.45) is 0.661. The Kier molecular flexibility index (Phi) is 5.26. The zero-order valence-corrected chi connectivity index (χ0v) is 12.8. The van der Waals surface area contributed by atoms with E-state index in [-0.39, 0.29) is 5.92 Å². The van der Waals surface area contributed by atoms with Gasteiger partial charge in [-0.05, 0) is 48.9 Å². The van der Waals surface area contributed by atoms with Gasteiger partial charge in [0.2, 0.25) is 0 Å². The average Bonchev–Trinajstić information content (AvgIpc) is 2.42. The molecule has 1 nitrogen and oxygen atoms in total. The predicted molar refractivity (Wildman–Crippen MR) is 80.9 cm³/mol. The molecular formula is C16H16BrF2N. The fraction of sp³-hybridized carbons (Fsp3) is 0.250. The first-order valence-corrected chi connectivity index (χ1v) is 7.23. The summed E-state index contributed by atoms with van der Waals surface area (Å²) in [6, 6.07) is 12.1. The van der Waals surface area contributed by atoms with Crippen LogP contribution in [0.5, 0.6) is 0 Å². The molecule has 2 aromatic rings. The van der Waals surface area contributed by atoms with Gasteiger partial charge in [0.25, 0.3) is 0 Å². The summed E-state index contributed by atoms with van der Waals surface area (Å²) in [5, 5.41) is 3.15. The van der Waals surface area contributed by atoms with E-state index in [1.807, 2.05) is 25.2 Å². The third-order valence-electron chi connectivity index (χ3n) is 3.24. The Morgan fingerprint density at radius 1 is 1.10 bits per heavy atom. The van der Waals surface area contributed by atoms with Gasteiger partial charge in [-0.25, -0.2) is 8.78 Å². The van der Waals surface area contributed by atoms with Crippen LogP contribution >= 0.6 is 15.9 Å². The summed E-state index contributed by atoms with van der Waals surface area (Å²) >= 11 is 3.46. The van der Waals surface area contributed by atoms with Crippen molar-refractivity contribution in [1.82, 2.24) is 5.32 Å². The van der Waals surface area contributed by atoms with E-state index in [2.05, 4.69) is 27.3 Å². The Labute approximate surface area is 126 Å². The molecule has 0 aliphatic rings. The summed E-state index contributed by atoms with van der Waals surface area (Å²) in [7, 11) is 1.89. The first kappa shape index (κ1) is 15.1. The van der Waals surface area contributed by atoms with Crippen LogP contribution < -0.4 is 5.32 Å². The second kappa shape index (κ2) is 6.95. The van der Waals surface area contributed by atoms with Crippen LogP contribution in [0.15, 0.2) is 46.9 Å². The number of halogens is 3. The molecule has 0 amide bonds. The van der Waals surface area contributed by atoms with Crippen molar-refractivity contribution in [3.63, 3.8) is 0 Å². The van der Waals surface area contributed by atoms with Gasteiger partial charge in [-0.3, -0.25) is 0 Å². The number of hydrogen-bond donors (Lipinski definition) is 1. The second-order valence-electron chi connectivity index (χ2n) is 4.76. The van der Waals surface area contributed by atoms with Crippen LogP contribution in [-0.4, -0.2) is 13.6 Å².